The summed E-state index contributed by atoms with van der Waals surface area (Å²) in [7, 11) is 0. The van der Waals surface area contributed by atoms with Crippen LogP contribution in [0.1, 0.15) is 45.1 Å². The lowest BCUT2D eigenvalue weighted by Gasteiger charge is -2.30. The maximum atomic E-state index is 13.1. The molecule has 0 heterocycles. The van der Waals surface area contributed by atoms with Crippen LogP contribution in [-0.4, -0.2) is 12.5 Å². The first-order chi connectivity index (χ1) is 9.57. The summed E-state index contributed by atoms with van der Waals surface area (Å²) in [6, 6.07) is 6.27. The van der Waals surface area contributed by atoms with Gasteiger partial charge in [0.15, 0.2) is 0 Å². The molecular formula is C16H25FN2O. The van der Waals surface area contributed by atoms with Crippen LogP contribution in [-0.2, 0) is 11.3 Å². The van der Waals surface area contributed by atoms with E-state index in [2.05, 4.69) is 19.2 Å². The molecule has 3 N–H and O–H groups in total. The van der Waals surface area contributed by atoms with Gasteiger partial charge in [-0.25, -0.2) is 4.39 Å². The van der Waals surface area contributed by atoms with Crippen molar-refractivity contribution >= 4 is 5.91 Å². The first-order valence-corrected chi connectivity index (χ1v) is 7.30. The highest BCUT2D eigenvalue weighted by atomic mass is 19.1. The third-order valence-corrected chi connectivity index (χ3v) is 3.67. The predicted molar refractivity (Wildman–Crippen MR) is 79.6 cm³/mol. The lowest BCUT2D eigenvalue weighted by molar-refractivity contribution is -0.131. The molecule has 4 heteroatoms. The number of carbonyl (C=O) groups excluding carboxylic acids is 1. The van der Waals surface area contributed by atoms with Gasteiger partial charge in [0.05, 0.1) is 5.41 Å². The number of nitrogens with two attached hydrogens (primary N) is 1. The summed E-state index contributed by atoms with van der Waals surface area (Å²) in [5, 5.41) is 2.90. The van der Waals surface area contributed by atoms with E-state index in [0.29, 0.717) is 13.1 Å². The van der Waals surface area contributed by atoms with E-state index in [1.165, 1.54) is 12.1 Å². The first-order valence-electron chi connectivity index (χ1n) is 7.30. The van der Waals surface area contributed by atoms with Crippen LogP contribution in [0, 0.1) is 11.2 Å². The average Bonchev–Trinajstić information content (AvgIpc) is 2.44. The minimum absolute atomic E-state index is 0.0204. The van der Waals surface area contributed by atoms with Crippen LogP contribution in [0.25, 0.3) is 0 Å². The summed E-state index contributed by atoms with van der Waals surface area (Å²) >= 11 is 0. The summed E-state index contributed by atoms with van der Waals surface area (Å²) in [6.45, 7) is 4.80. The summed E-state index contributed by atoms with van der Waals surface area (Å²) in [4.78, 5) is 12.4. The Labute approximate surface area is 120 Å². The standard InChI is InChI=1S/C16H25FN2O/c1-3-8-16(12-18,9-4-2)15(20)19-11-13-6-5-7-14(17)10-13/h5-7,10H,3-4,8-9,11-12,18H2,1-2H3,(H,19,20). The van der Waals surface area contributed by atoms with E-state index in [1.807, 2.05) is 0 Å². The molecule has 1 amide bonds. The Kier molecular flexibility index (Phi) is 6.65. The van der Waals surface area contributed by atoms with Crippen molar-refractivity contribution in [2.75, 3.05) is 6.54 Å². The fourth-order valence-corrected chi connectivity index (χ4v) is 2.62. The van der Waals surface area contributed by atoms with E-state index in [4.69, 9.17) is 5.73 Å². The molecular weight excluding hydrogens is 255 g/mol. The molecule has 1 aromatic rings. The van der Waals surface area contributed by atoms with Crippen LogP contribution in [0.3, 0.4) is 0 Å². The number of amides is 1. The second kappa shape index (κ2) is 8.00. The highest BCUT2D eigenvalue weighted by molar-refractivity contribution is 5.82. The summed E-state index contributed by atoms with van der Waals surface area (Å²) in [6.07, 6.45) is 3.41. The highest BCUT2D eigenvalue weighted by Gasteiger charge is 2.34. The zero-order valence-electron chi connectivity index (χ0n) is 12.4. The first kappa shape index (κ1) is 16.6. The van der Waals surface area contributed by atoms with E-state index in [9.17, 15) is 9.18 Å². The van der Waals surface area contributed by atoms with Gasteiger partial charge in [-0.05, 0) is 30.5 Å². The lowest BCUT2D eigenvalue weighted by atomic mass is 9.78. The number of hydrogen-bond acceptors (Lipinski definition) is 2. The van der Waals surface area contributed by atoms with E-state index in [1.54, 1.807) is 12.1 Å². The fourth-order valence-electron chi connectivity index (χ4n) is 2.62. The molecule has 3 nitrogen and oxygen atoms in total. The maximum absolute atomic E-state index is 13.1. The molecule has 0 fully saturated rings. The van der Waals surface area contributed by atoms with E-state index < -0.39 is 5.41 Å². The molecule has 1 rings (SSSR count). The molecule has 0 aromatic heterocycles. The van der Waals surface area contributed by atoms with Crippen LogP contribution < -0.4 is 11.1 Å². The summed E-state index contributed by atoms with van der Waals surface area (Å²) < 4.78 is 13.1. The Bertz CT molecular complexity index is 428. The number of rotatable bonds is 8. The Morgan fingerprint density at radius 3 is 2.45 bits per heavy atom. The number of nitrogens with one attached hydrogen (secondary N) is 1. The van der Waals surface area contributed by atoms with Gasteiger partial charge in [0.2, 0.25) is 5.91 Å². The quantitative estimate of drug-likeness (QED) is 0.769. The van der Waals surface area contributed by atoms with Crippen LogP contribution >= 0.6 is 0 Å². The van der Waals surface area contributed by atoms with Crippen molar-refractivity contribution in [3.05, 3.63) is 35.6 Å². The largest absolute Gasteiger partial charge is 0.352 e. The van der Waals surface area contributed by atoms with E-state index in [-0.39, 0.29) is 11.7 Å². The molecule has 0 aliphatic carbocycles. The van der Waals surface area contributed by atoms with Crippen LogP contribution in [0.5, 0.6) is 0 Å². The van der Waals surface area contributed by atoms with Crippen molar-refractivity contribution in [2.24, 2.45) is 11.1 Å². The Hall–Kier alpha value is -1.42. The third-order valence-electron chi connectivity index (χ3n) is 3.67. The van der Waals surface area contributed by atoms with Gasteiger partial charge >= 0.3 is 0 Å². The molecule has 1 aromatic carbocycles. The second-order valence-electron chi connectivity index (χ2n) is 5.30. The van der Waals surface area contributed by atoms with Gasteiger partial charge in [0.1, 0.15) is 5.82 Å². The normalized spacial score (nSPS) is 11.4. The minimum atomic E-state index is -0.489. The van der Waals surface area contributed by atoms with Gasteiger partial charge in [-0.2, -0.15) is 0 Å². The van der Waals surface area contributed by atoms with Crippen molar-refractivity contribution < 1.29 is 9.18 Å². The van der Waals surface area contributed by atoms with Crippen molar-refractivity contribution in [1.29, 1.82) is 0 Å². The molecule has 112 valence electrons. The maximum Gasteiger partial charge on any atom is 0.227 e. The molecule has 0 saturated carbocycles. The van der Waals surface area contributed by atoms with Crippen molar-refractivity contribution in [1.82, 2.24) is 5.32 Å². The van der Waals surface area contributed by atoms with Crippen molar-refractivity contribution in [2.45, 2.75) is 46.1 Å². The summed E-state index contributed by atoms with van der Waals surface area (Å²) in [5.41, 5.74) is 6.13. The predicted octanol–water partition coefficient (Wildman–Crippen LogP) is 2.99. The average molecular weight is 280 g/mol. The van der Waals surface area contributed by atoms with Crippen molar-refractivity contribution in [3.63, 3.8) is 0 Å². The molecule has 20 heavy (non-hydrogen) atoms. The van der Waals surface area contributed by atoms with Crippen molar-refractivity contribution in [3.8, 4) is 0 Å². The second-order valence-corrected chi connectivity index (χ2v) is 5.30. The molecule has 0 bridgehead atoms. The zero-order chi connectivity index (χ0) is 15.0. The minimum Gasteiger partial charge on any atom is -0.352 e. The Morgan fingerprint density at radius 2 is 1.95 bits per heavy atom. The van der Waals surface area contributed by atoms with Gasteiger partial charge < -0.3 is 11.1 Å². The van der Waals surface area contributed by atoms with Gasteiger partial charge in [-0.1, -0.05) is 38.8 Å². The molecule has 0 unspecified atom stereocenters. The monoisotopic (exact) mass is 280 g/mol. The third kappa shape index (κ3) is 4.30. The Morgan fingerprint density at radius 1 is 1.30 bits per heavy atom. The topological polar surface area (TPSA) is 55.1 Å². The SMILES string of the molecule is CCCC(CN)(CCC)C(=O)NCc1cccc(F)c1. The van der Waals surface area contributed by atoms with E-state index >= 15 is 0 Å². The number of hydrogen-bond donors (Lipinski definition) is 2. The van der Waals surface area contributed by atoms with Gasteiger partial charge in [0.25, 0.3) is 0 Å². The van der Waals surface area contributed by atoms with Crippen LogP contribution in [0.2, 0.25) is 0 Å². The Balaban J connectivity index is 2.71. The zero-order valence-corrected chi connectivity index (χ0v) is 12.4. The van der Waals surface area contributed by atoms with Crippen LogP contribution in [0.4, 0.5) is 4.39 Å². The number of benzene rings is 1. The smallest absolute Gasteiger partial charge is 0.227 e. The highest BCUT2D eigenvalue weighted by Crippen LogP contribution is 2.29. The van der Waals surface area contributed by atoms with E-state index in [0.717, 1.165) is 31.2 Å². The fraction of sp³-hybridized carbons (Fsp3) is 0.562. The number of halogens is 1. The van der Waals surface area contributed by atoms with Gasteiger partial charge in [-0.15, -0.1) is 0 Å². The van der Waals surface area contributed by atoms with Gasteiger partial charge in [0, 0.05) is 13.1 Å². The molecule has 0 atom stereocenters. The number of carbonyl (C=O) groups is 1. The molecule has 0 aliphatic rings. The van der Waals surface area contributed by atoms with Crippen LogP contribution in [0.15, 0.2) is 24.3 Å². The van der Waals surface area contributed by atoms with Gasteiger partial charge in [-0.3, -0.25) is 4.79 Å². The summed E-state index contributed by atoms with van der Waals surface area (Å²) in [5.74, 6) is -0.308. The lowest BCUT2D eigenvalue weighted by Crippen LogP contribution is -2.45. The molecule has 0 radical (unpaired) electrons. The molecule has 0 aliphatic heterocycles. The molecule has 0 spiro atoms. The molecule has 0 saturated heterocycles.